The fraction of sp³-hybridized carbons (Fsp3) is 0.381. The summed E-state index contributed by atoms with van der Waals surface area (Å²) in [7, 11) is -3.69. The Labute approximate surface area is 162 Å². The van der Waals surface area contributed by atoms with E-state index in [1.807, 2.05) is 20.8 Å². The zero-order valence-electron chi connectivity index (χ0n) is 16.6. The highest BCUT2D eigenvalue weighted by molar-refractivity contribution is 7.89. The van der Waals surface area contributed by atoms with Crippen molar-refractivity contribution in [2.24, 2.45) is 0 Å². The summed E-state index contributed by atoms with van der Waals surface area (Å²) >= 11 is 0. The Bertz CT molecular complexity index is 909. The van der Waals surface area contributed by atoms with Crippen molar-refractivity contribution in [3.8, 4) is 0 Å². The first-order chi connectivity index (χ1) is 12.7. The van der Waals surface area contributed by atoms with E-state index in [2.05, 4.69) is 24.4 Å². The lowest BCUT2D eigenvalue weighted by Crippen LogP contribution is -2.41. The predicted molar refractivity (Wildman–Crippen MR) is 108 cm³/mol. The third kappa shape index (κ3) is 4.96. The van der Waals surface area contributed by atoms with Crippen LogP contribution in [0.25, 0.3) is 0 Å². The molecule has 0 aromatic heterocycles. The molecule has 2 aromatic carbocycles. The predicted octanol–water partition coefficient (Wildman–Crippen LogP) is 3.50. The Morgan fingerprint density at radius 3 is 2.22 bits per heavy atom. The monoisotopic (exact) mass is 388 g/mol. The van der Waals surface area contributed by atoms with Gasteiger partial charge in [0.05, 0.1) is 17.5 Å². The molecule has 0 aliphatic heterocycles. The maximum absolute atomic E-state index is 12.7. The number of benzene rings is 2. The van der Waals surface area contributed by atoms with Gasteiger partial charge in [-0.3, -0.25) is 4.79 Å². The lowest BCUT2D eigenvalue weighted by Gasteiger charge is -2.23. The summed E-state index contributed by atoms with van der Waals surface area (Å²) < 4.78 is 26.7. The molecular weight excluding hydrogens is 360 g/mol. The fourth-order valence-electron chi connectivity index (χ4n) is 3.08. The number of aryl methyl sites for hydroxylation is 3. The molecule has 27 heavy (non-hydrogen) atoms. The van der Waals surface area contributed by atoms with Gasteiger partial charge >= 0.3 is 0 Å². The molecule has 1 atom stereocenters. The Kier molecular flexibility index (Phi) is 6.78. The third-order valence-electron chi connectivity index (χ3n) is 4.78. The lowest BCUT2D eigenvalue weighted by molar-refractivity contribution is -0.121. The van der Waals surface area contributed by atoms with Crippen LogP contribution < -0.4 is 5.32 Å². The molecule has 0 spiro atoms. The van der Waals surface area contributed by atoms with Crippen LogP contribution in [-0.4, -0.2) is 31.7 Å². The molecule has 1 amide bonds. The number of carbonyl (C=O) groups excluding carboxylic acids is 1. The molecule has 0 saturated carbocycles. The second-order valence-corrected chi connectivity index (χ2v) is 8.76. The van der Waals surface area contributed by atoms with Crippen LogP contribution >= 0.6 is 0 Å². The average molecular weight is 389 g/mol. The molecular formula is C21H28N2O3S. The number of rotatable bonds is 7. The van der Waals surface area contributed by atoms with Gasteiger partial charge in [-0.2, -0.15) is 4.31 Å². The number of nitrogens with zero attached hydrogens (tertiary/aromatic N) is 1. The number of hydrogen-bond acceptors (Lipinski definition) is 3. The molecule has 1 unspecified atom stereocenters. The summed E-state index contributed by atoms with van der Waals surface area (Å²) in [5, 5.41) is 2.93. The van der Waals surface area contributed by atoms with Crippen LogP contribution in [0.4, 0.5) is 0 Å². The van der Waals surface area contributed by atoms with E-state index in [0.717, 1.165) is 11.1 Å². The zero-order chi connectivity index (χ0) is 20.2. The van der Waals surface area contributed by atoms with Crippen LogP contribution in [0.5, 0.6) is 0 Å². The first-order valence-electron chi connectivity index (χ1n) is 9.09. The number of carbonyl (C=O) groups is 1. The summed E-state index contributed by atoms with van der Waals surface area (Å²) in [4.78, 5) is 12.7. The molecule has 146 valence electrons. The first-order valence-corrected chi connectivity index (χ1v) is 10.5. The van der Waals surface area contributed by atoms with Crippen molar-refractivity contribution in [1.29, 1.82) is 0 Å². The van der Waals surface area contributed by atoms with Crippen molar-refractivity contribution in [2.75, 3.05) is 13.1 Å². The smallest absolute Gasteiger partial charge is 0.243 e. The van der Waals surface area contributed by atoms with Gasteiger partial charge in [-0.1, -0.05) is 37.3 Å². The molecule has 5 nitrogen and oxygen atoms in total. The van der Waals surface area contributed by atoms with Crippen LogP contribution in [0.2, 0.25) is 0 Å². The van der Waals surface area contributed by atoms with Crippen molar-refractivity contribution in [3.63, 3.8) is 0 Å². The Morgan fingerprint density at radius 2 is 1.63 bits per heavy atom. The SMILES string of the molecule is CCN(CC(=O)NC(C)c1cc(C)c(C)cc1C)S(=O)(=O)c1ccccc1. The molecule has 0 aliphatic rings. The Hall–Kier alpha value is -2.18. The van der Waals surface area contributed by atoms with Crippen molar-refractivity contribution in [3.05, 3.63) is 64.7 Å². The molecule has 2 rings (SSSR count). The molecule has 0 radical (unpaired) electrons. The van der Waals surface area contributed by atoms with Gasteiger partial charge in [-0.05, 0) is 62.1 Å². The summed E-state index contributed by atoms with van der Waals surface area (Å²) in [6.07, 6.45) is 0. The minimum Gasteiger partial charge on any atom is -0.348 e. The Balaban J connectivity index is 2.13. The quantitative estimate of drug-likeness (QED) is 0.789. The minimum atomic E-state index is -3.69. The summed E-state index contributed by atoms with van der Waals surface area (Å²) in [6.45, 7) is 9.77. The van der Waals surface area contributed by atoms with Gasteiger partial charge in [0.1, 0.15) is 0 Å². The normalized spacial score (nSPS) is 12.8. The summed E-state index contributed by atoms with van der Waals surface area (Å²) in [6, 6.07) is 12.2. The van der Waals surface area contributed by atoms with Crippen LogP contribution in [0, 0.1) is 20.8 Å². The van der Waals surface area contributed by atoms with E-state index < -0.39 is 10.0 Å². The average Bonchev–Trinajstić information content (AvgIpc) is 2.63. The largest absolute Gasteiger partial charge is 0.348 e. The van der Waals surface area contributed by atoms with Gasteiger partial charge in [-0.25, -0.2) is 8.42 Å². The second-order valence-electron chi connectivity index (χ2n) is 6.83. The molecule has 0 fully saturated rings. The van der Waals surface area contributed by atoms with E-state index in [-0.39, 0.29) is 29.9 Å². The third-order valence-corrected chi connectivity index (χ3v) is 6.72. The van der Waals surface area contributed by atoms with Gasteiger partial charge in [0.2, 0.25) is 15.9 Å². The van der Waals surface area contributed by atoms with Gasteiger partial charge in [-0.15, -0.1) is 0 Å². The lowest BCUT2D eigenvalue weighted by atomic mass is 9.96. The van der Waals surface area contributed by atoms with E-state index in [9.17, 15) is 13.2 Å². The van der Waals surface area contributed by atoms with Gasteiger partial charge in [0.15, 0.2) is 0 Å². The van der Waals surface area contributed by atoms with Gasteiger partial charge < -0.3 is 5.32 Å². The highest BCUT2D eigenvalue weighted by Crippen LogP contribution is 2.22. The van der Waals surface area contributed by atoms with Crippen LogP contribution in [0.15, 0.2) is 47.4 Å². The number of amides is 1. The second kappa shape index (κ2) is 8.67. The number of hydrogen-bond donors (Lipinski definition) is 1. The van der Waals surface area contributed by atoms with E-state index in [0.29, 0.717) is 0 Å². The fourth-order valence-corrected chi connectivity index (χ4v) is 4.51. The molecule has 1 N–H and O–H groups in total. The van der Waals surface area contributed by atoms with Crippen molar-refractivity contribution < 1.29 is 13.2 Å². The van der Waals surface area contributed by atoms with Crippen molar-refractivity contribution in [1.82, 2.24) is 9.62 Å². The molecule has 6 heteroatoms. The standard InChI is InChI=1S/C21H28N2O3S/c1-6-23(27(25,26)19-10-8-7-9-11-19)14-21(24)22-18(5)20-13-16(3)15(2)12-17(20)4/h7-13,18H,6,14H2,1-5H3,(H,22,24). The molecule has 0 aliphatic carbocycles. The summed E-state index contributed by atoms with van der Waals surface area (Å²) in [5.41, 5.74) is 4.52. The van der Waals surface area contributed by atoms with E-state index >= 15 is 0 Å². The van der Waals surface area contributed by atoms with Gasteiger partial charge in [0.25, 0.3) is 0 Å². The highest BCUT2D eigenvalue weighted by Gasteiger charge is 2.25. The van der Waals surface area contributed by atoms with Crippen LogP contribution in [-0.2, 0) is 14.8 Å². The first kappa shape index (κ1) is 21.1. The van der Waals surface area contributed by atoms with E-state index in [4.69, 9.17) is 0 Å². The molecule has 0 bridgehead atoms. The number of sulfonamides is 1. The van der Waals surface area contributed by atoms with E-state index in [1.54, 1.807) is 25.1 Å². The maximum atomic E-state index is 12.7. The van der Waals surface area contributed by atoms with Gasteiger partial charge in [0, 0.05) is 6.54 Å². The van der Waals surface area contributed by atoms with Crippen LogP contribution in [0.1, 0.15) is 42.1 Å². The number of likely N-dealkylation sites (N-methyl/N-ethyl adjacent to an activating group) is 1. The van der Waals surface area contributed by atoms with Crippen LogP contribution in [0.3, 0.4) is 0 Å². The number of nitrogens with one attached hydrogen (secondary N) is 1. The molecule has 0 saturated heterocycles. The molecule has 0 heterocycles. The maximum Gasteiger partial charge on any atom is 0.243 e. The van der Waals surface area contributed by atoms with Crippen molar-refractivity contribution >= 4 is 15.9 Å². The topological polar surface area (TPSA) is 66.5 Å². The zero-order valence-corrected chi connectivity index (χ0v) is 17.4. The summed E-state index contributed by atoms with van der Waals surface area (Å²) in [5.74, 6) is -0.318. The van der Waals surface area contributed by atoms with Crippen molar-refractivity contribution in [2.45, 2.75) is 45.6 Å². The Morgan fingerprint density at radius 1 is 1.04 bits per heavy atom. The minimum absolute atomic E-state index is 0.192. The molecule has 2 aromatic rings. The highest BCUT2D eigenvalue weighted by atomic mass is 32.2. The van der Waals surface area contributed by atoms with E-state index in [1.165, 1.54) is 27.6 Å².